The van der Waals surface area contributed by atoms with Crippen LogP contribution in [0.5, 0.6) is 0 Å². The highest BCUT2D eigenvalue weighted by Gasteiger charge is 2.35. The molecule has 20 heavy (non-hydrogen) atoms. The van der Waals surface area contributed by atoms with Gasteiger partial charge >= 0.3 is 0 Å². The minimum absolute atomic E-state index is 0.162. The van der Waals surface area contributed by atoms with E-state index >= 15 is 0 Å². The molecule has 1 saturated carbocycles. The Balaban J connectivity index is 1.93. The topological polar surface area (TPSA) is 55.6 Å². The summed E-state index contributed by atoms with van der Waals surface area (Å²) in [5.74, 6) is 0.887. The van der Waals surface area contributed by atoms with Crippen molar-refractivity contribution in [3.8, 4) is 0 Å². The third-order valence-corrected chi connectivity index (χ3v) is 4.78. The van der Waals surface area contributed by atoms with Crippen LogP contribution in [0.2, 0.25) is 0 Å². The van der Waals surface area contributed by atoms with Crippen LogP contribution in [0.15, 0.2) is 0 Å². The third kappa shape index (κ3) is 3.95. The van der Waals surface area contributed by atoms with E-state index in [4.69, 9.17) is 10.5 Å². The Labute approximate surface area is 123 Å². The van der Waals surface area contributed by atoms with Crippen molar-refractivity contribution < 1.29 is 9.53 Å². The number of hydrogen-bond donors (Lipinski definition) is 1. The van der Waals surface area contributed by atoms with Crippen LogP contribution in [0.3, 0.4) is 0 Å². The molecule has 1 amide bonds. The molecule has 1 aliphatic heterocycles. The van der Waals surface area contributed by atoms with Crippen LogP contribution >= 0.6 is 0 Å². The molecule has 3 atom stereocenters. The van der Waals surface area contributed by atoms with Gasteiger partial charge in [0, 0.05) is 25.6 Å². The van der Waals surface area contributed by atoms with Crippen molar-refractivity contribution in [1.29, 1.82) is 0 Å². The number of carbonyl (C=O) groups is 1. The summed E-state index contributed by atoms with van der Waals surface area (Å²) in [6.45, 7) is 5.27. The standard InChI is InChI=1S/C16H30N2O2/c1-2-9-18(12-14-7-3-4-10-20-14)16(19)15-8-5-6-13(15)11-17/h13-15H,2-12,17H2,1H3/t13-,14?,15-/m1/s1. The molecule has 2 rings (SSSR count). The van der Waals surface area contributed by atoms with E-state index in [0.717, 1.165) is 58.2 Å². The van der Waals surface area contributed by atoms with Crippen LogP contribution in [0.4, 0.5) is 0 Å². The fraction of sp³-hybridized carbons (Fsp3) is 0.938. The predicted molar refractivity (Wildman–Crippen MR) is 80.3 cm³/mol. The highest BCUT2D eigenvalue weighted by molar-refractivity contribution is 5.79. The van der Waals surface area contributed by atoms with Crippen molar-refractivity contribution in [2.24, 2.45) is 17.6 Å². The molecule has 1 heterocycles. The maximum Gasteiger partial charge on any atom is 0.226 e. The van der Waals surface area contributed by atoms with Gasteiger partial charge in [-0.3, -0.25) is 4.79 Å². The molecule has 0 radical (unpaired) electrons. The minimum Gasteiger partial charge on any atom is -0.376 e. The molecule has 0 aromatic heterocycles. The lowest BCUT2D eigenvalue weighted by molar-refractivity contribution is -0.139. The number of carbonyl (C=O) groups excluding carboxylic acids is 1. The van der Waals surface area contributed by atoms with Gasteiger partial charge < -0.3 is 15.4 Å². The van der Waals surface area contributed by atoms with E-state index in [2.05, 4.69) is 11.8 Å². The molecule has 1 saturated heterocycles. The van der Waals surface area contributed by atoms with Crippen LogP contribution in [0.25, 0.3) is 0 Å². The molecule has 1 unspecified atom stereocenters. The Morgan fingerprint density at radius 3 is 2.75 bits per heavy atom. The second-order valence-electron chi connectivity index (χ2n) is 6.31. The first-order chi connectivity index (χ1) is 9.76. The van der Waals surface area contributed by atoms with Crippen molar-refractivity contribution in [2.45, 2.75) is 58.0 Å². The van der Waals surface area contributed by atoms with E-state index in [0.29, 0.717) is 18.4 Å². The fourth-order valence-electron chi connectivity index (χ4n) is 3.64. The lowest BCUT2D eigenvalue weighted by Crippen LogP contribution is -2.44. The number of nitrogens with two attached hydrogens (primary N) is 1. The van der Waals surface area contributed by atoms with Crippen molar-refractivity contribution in [1.82, 2.24) is 4.90 Å². The lowest BCUT2D eigenvalue weighted by Gasteiger charge is -2.32. The molecule has 4 heteroatoms. The zero-order valence-electron chi connectivity index (χ0n) is 12.9. The lowest BCUT2D eigenvalue weighted by atomic mass is 9.94. The van der Waals surface area contributed by atoms with Crippen LogP contribution in [-0.4, -0.2) is 43.2 Å². The van der Waals surface area contributed by atoms with Gasteiger partial charge in [-0.1, -0.05) is 13.3 Å². The first-order valence-electron chi connectivity index (χ1n) is 8.36. The first kappa shape index (κ1) is 15.8. The maximum absolute atomic E-state index is 12.8. The van der Waals surface area contributed by atoms with Gasteiger partial charge in [-0.15, -0.1) is 0 Å². The first-order valence-corrected chi connectivity index (χ1v) is 8.36. The number of ether oxygens (including phenoxy) is 1. The molecule has 4 nitrogen and oxygen atoms in total. The molecule has 0 aromatic carbocycles. The van der Waals surface area contributed by atoms with Gasteiger partial charge in [0.1, 0.15) is 0 Å². The maximum atomic E-state index is 12.8. The molecule has 0 bridgehead atoms. The minimum atomic E-state index is 0.162. The van der Waals surface area contributed by atoms with E-state index in [1.807, 2.05) is 0 Å². The van der Waals surface area contributed by atoms with Gasteiger partial charge in [0.2, 0.25) is 5.91 Å². The van der Waals surface area contributed by atoms with Gasteiger partial charge in [0.25, 0.3) is 0 Å². The zero-order valence-corrected chi connectivity index (χ0v) is 12.9. The second kappa shape index (κ2) is 7.99. The summed E-state index contributed by atoms with van der Waals surface area (Å²) in [7, 11) is 0. The SMILES string of the molecule is CCCN(CC1CCCCO1)C(=O)[C@@H]1CCC[C@@H]1CN. The molecule has 0 spiro atoms. The average molecular weight is 282 g/mol. The molecule has 2 aliphatic rings. The summed E-state index contributed by atoms with van der Waals surface area (Å²) in [6.07, 6.45) is 8.04. The highest BCUT2D eigenvalue weighted by Crippen LogP contribution is 2.32. The van der Waals surface area contributed by atoms with E-state index in [1.54, 1.807) is 0 Å². The number of amides is 1. The number of hydrogen-bond acceptors (Lipinski definition) is 3. The predicted octanol–water partition coefficient (Wildman–Crippen LogP) is 2.17. The Hall–Kier alpha value is -0.610. The zero-order chi connectivity index (χ0) is 14.4. The number of rotatable bonds is 6. The van der Waals surface area contributed by atoms with E-state index in [9.17, 15) is 4.79 Å². The van der Waals surface area contributed by atoms with Gasteiger partial charge in [0.05, 0.1) is 6.10 Å². The second-order valence-corrected chi connectivity index (χ2v) is 6.31. The van der Waals surface area contributed by atoms with Gasteiger partial charge in [-0.05, 0) is 51.0 Å². The molecular weight excluding hydrogens is 252 g/mol. The Morgan fingerprint density at radius 1 is 1.25 bits per heavy atom. The molecular formula is C16H30N2O2. The van der Waals surface area contributed by atoms with E-state index in [-0.39, 0.29) is 12.0 Å². The molecule has 116 valence electrons. The molecule has 0 aromatic rings. The molecule has 2 fully saturated rings. The van der Waals surface area contributed by atoms with E-state index in [1.165, 1.54) is 6.42 Å². The third-order valence-electron chi connectivity index (χ3n) is 4.78. The smallest absolute Gasteiger partial charge is 0.226 e. The summed E-state index contributed by atoms with van der Waals surface area (Å²) in [4.78, 5) is 14.8. The normalized spacial score (nSPS) is 30.4. The quantitative estimate of drug-likeness (QED) is 0.812. The fourth-order valence-corrected chi connectivity index (χ4v) is 3.64. The van der Waals surface area contributed by atoms with Gasteiger partial charge in [0.15, 0.2) is 0 Å². The summed E-state index contributed by atoms with van der Waals surface area (Å²) >= 11 is 0. The Kier molecular flexibility index (Phi) is 6.30. The Bertz CT molecular complexity index is 303. The summed E-state index contributed by atoms with van der Waals surface area (Å²) < 4.78 is 5.80. The van der Waals surface area contributed by atoms with Crippen molar-refractivity contribution in [3.05, 3.63) is 0 Å². The summed E-state index contributed by atoms with van der Waals surface area (Å²) in [6, 6.07) is 0. The molecule has 2 N–H and O–H groups in total. The highest BCUT2D eigenvalue weighted by atomic mass is 16.5. The largest absolute Gasteiger partial charge is 0.376 e. The van der Waals surface area contributed by atoms with Crippen LogP contribution < -0.4 is 5.73 Å². The van der Waals surface area contributed by atoms with Gasteiger partial charge in [-0.25, -0.2) is 0 Å². The molecule has 1 aliphatic carbocycles. The van der Waals surface area contributed by atoms with Crippen molar-refractivity contribution in [3.63, 3.8) is 0 Å². The summed E-state index contributed by atoms with van der Waals surface area (Å²) in [5.41, 5.74) is 5.82. The number of nitrogens with zero attached hydrogens (tertiary/aromatic N) is 1. The van der Waals surface area contributed by atoms with Crippen LogP contribution in [0, 0.1) is 11.8 Å². The van der Waals surface area contributed by atoms with Crippen molar-refractivity contribution >= 4 is 5.91 Å². The van der Waals surface area contributed by atoms with E-state index < -0.39 is 0 Å². The van der Waals surface area contributed by atoms with Gasteiger partial charge in [-0.2, -0.15) is 0 Å². The monoisotopic (exact) mass is 282 g/mol. The van der Waals surface area contributed by atoms with Crippen LogP contribution in [-0.2, 0) is 9.53 Å². The Morgan fingerprint density at radius 2 is 2.10 bits per heavy atom. The average Bonchev–Trinajstić information content (AvgIpc) is 2.95. The van der Waals surface area contributed by atoms with Crippen LogP contribution in [0.1, 0.15) is 51.9 Å². The van der Waals surface area contributed by atoms with Crippen molar-refractivity contribution in [2.75, 3.05) is 26.2 Å². The summed E-state index contributed by atoms with van der Waals surface area (Å²) in [5, 5.41) is 0.